The summed E-state index contributed by atoms with van der Waals surface area (Å²) in [6.45, 7) is -0.462. The quantitative estimate of drug-likeness (QED) is 0.361. The van der Waals surface area contributed by atoms with Gasteiger partial charge in [-0.05, 0) is 6.08 Å². The summed E-state index contributed by atoms with van der Waals surface area (Å²) in [5.41, 5.74) is 0. The molecule has 8 heteroatoms. The van der Waals surface area contributed by atoms with Crippen LogP contribution in [0.5, 0.6) is 0 Å². The lowest BCUT2D eigenvalue weighted by atomic mass is 10.1. The number of hydrogen-bond acceptors (Lipinski definition) is 6. The molecule has 0 aromatic rings. The van der Waals surface area contributed by atoms with Crippen LogP contribution in [0.4, 0.5) is 4.79 Å². The van der Waals surface area contributed by atoms with Crippen LogP contribution in [0.2, 0.25) is 0 Å². The van der Waals surface area contributed by atoms with Crippen molar-refractivity contribution >= 4 is 6.03 Å². The van der Waals surface area contributed by atoms with Gasteiger partial charge in [-0.25, -0.2) is 4.79 Å². The first-order valence-electron chi connectivity index (χ1n) is 5.12. The Hall–Kier alpha value is -1.19. The molecule has 1 fully saturated rings. The fraction of sp³-hybridized carbons (Fsp3) is 0.667. The molecule has 2 aliphatic heterocycles. The average Bonchev–Trinajstić information content (AvgIpc) is 2.57. The molecule has 0 saturated carbocycles. The number of amides is 2. The van der Waals surface area contributed by atoms with Crippen LogP contribution in [0.3, 0.4) is 0 Å². The van der Waals surface area contributed by atoms with E-state index < -0.39 is 43.4 Å². The number of hydrogen-bond donors (Lipinski definition) is 5. The van der Waals surface area contributed by atoms with Crippen LogP contribution in [0.25, 0.3) is 0 Å². The van der Waals surface area contributed by atoms with Gasteiger partial charge >= 0.3 is 6.03 Å². The Morgan fingerprint density at radius 1 is 1.35 bits per heavy atom. The molecule has 0 radical (unpaired) electrons. The SMILES string of the molecule is O=C1NC(O)C=CN1C1OC(CO)[C@@H](O)[C@H]1O. The van der Waals surface area contributed by atoms with Crippen LogP contribution < -0.4 is 5.32 Å². The second-order valence-corrected chi connectivity index (χ2v) is 3.87. The highest BCUT2D eigenvalue weighted by Crippen LogP contribution is 2.25. The Bertz CT molecular complexity index is 335. The smallest absolute Gasteiger partial charge is 0.325 e. The molecule has 5 N–H and O–H groups in total. The van der Waals surface area contributed by atoms with Gasteiger partial charge in [0.2, 0.25) is 0 Å². The monoisotopic (exact) mass is 246 g/mol. The Morgan fingerprint density at radius 2 is 2.06 bits per heavy atom. The number of carbonyl (C=O) groups is 1. The zero-order valence-corrected chi connectivity index (χ0v) is 8.80. The number of aliphatic hydroxyl groups is 4. The Kier molecular flexibility index (Phi) is 3.31. The van der Waals surface area contributed by atoms with Gasteiger partial charge in [-0.2, -0.15) is 0 Å². The molecule has 0 aromatic carbocycles. The predicted molar refractivity (Wildman–Crippen MR) is 53.3 cm³/mol. The molecule has 1 saturated heterocycles. The molecule has 96 valence electrons. The number of nitrogens with one attached hydrogen (secondary N) is 1. The minimum Gasteiger partial charge on any atom is -0.394 e. The molecular formula is C9H14N2O6. The molecule has 3 unspecified atom stereocenters. The molecule has 17 heavy (non-hydrogen) atoms. The second kappa shape index (κ2) is 4.59. The zero-order chi connectivity index (χ0) is 12.6. The van der Waals surface area contributed by atoms with Crippen LogP contribution in [0.1, 0.15) is 0 Å². The third-order valence-electron chi connectivity index (χ3n) is 2.73. The maximum Gasteiger partial charge on any atom is 0.325 e. The largest absolute Gasteiger partial charge is 0.394 e. The maximum absolute atomic E-state index is 11.5. The van der Waals surface area contributed by atoms with E-state index in [0.29, 0.717) is 0 Å². The highest BCUT2D eigenvalue weighted by molar-refractivity contribution is 5.77. The average molecular weight is 246 g/mol. The van der Waals surface area contributed by atoms with Gasteiger partial charge in [-0.15, -0.1) is 0 Å². The summed E-state index contributed by atoms with van der Waals surface area (Å²) >= 11 is 0. The van der Waals surface area contributed by atoms with E-state index in [2.05, 4.69) is 5.32 Å². The minimum atomic E-state index is -1.32. The topological polar surface area (TPSA) is 122 Å². The molecule has 0 spiro atoms. The molecule has 8 nitrogen and oxygen atoms in total. The van der Waals surface area contributed by atoms with Gasteiger partial charge in [0.05, 0.1) is 6.61 Å². The zero-order valence-electron chi connectivity index (χ0n) is 8.80. The molecule has 2 aliphatic rings. The fourth-order valence-corrected chi connectivity index (χ4v) is 1.80. The summed E-state index contributed by atoms with van der Waals surface area (Å²) in [6, 6.07) is -0.658. The predicted octanol–water partition coefficient (Wildman–Crippen LogP) is -2.72. The van der Waals surface area contributed by atoms with Crippen molar-refractivity contribution in [2.45, 2.75) is 30.8 Å². The fourth-order valence-electron chi connectivity index (χ4n) is 1.80. The summed E-state index contributed by atoms with van der Waals surface area (Å²) in [6.07, 6.45) is -3.17. The normalized spacial score (nSPS) is 41.8. The van der Waals surface area contributed by atoms with Crippen LogP contribution in [-0.4, -0.2) is 68.7 Å². The maximum atomic E-state index is 11.5. The summed E-state index contributed by atoms with van der Waals surface area (Å²) < 4.78 is 5.16. The lowest BCUT2D eigenvalue weighted by molar-refractivity contribution is -0.0677. The van der Waals surface area contributed by atoms with E-state index in [0.717, 1.165) is 4.90 Å². The van der Waals surface area contributed by atoms with Crippen molar-refractivity contribution < 1.29 is 30.0 Å². The Labute approximate surface area is 96.7 Å². The first-order valence-corrected chi connectivity index (χ1v) is 5.12. The number of aliphatic hydroxyl groups excluding tert-OH is 4. The van der Waals surface area contributed by atoms with Crippen molar-refractivity contribution in [1.29, 1.82) is 0 Å². The van der Waals surface area contributed by atoms with Gasteiger partial charge in [-0.3, -0.25) is 4.90 Å². The Morgan fingerprint density at radius 3 is 2.59 bits per heavy atom. The second-order valence-electron chi connectivity index (χ2n) is 3.87. The molecule has 2 rings (SSSR count). The number of rotatable bonds is 2. The molecule has 0 aromatic heterocycles. The van der Waals surface area contributed by atoms with Crippen LogP contribution in [0.15, 0.2) is 12.3 Å². The van der Waals surface area contributed by atoms with Crippen molar-refractivity contribution in [3.8, 4) is 0 Å². The molecular weight excluding hydrogens is 232 g/mol. The van der Waals surface area contributed by atoms with E-state index in [1.54, 1.807) is 0 Å². The van der Waals surface area contributed by atoms with E-state index in [-0.39, 0.29) is 0 Å². The van der Waals surface area contributed by atoms with Crippen molar-refractivity contribution in [3.63, 3.8) is 0 Å². The van der Waals surface area contributed by atoms with Gasteiger partial charge in [0.25, 0.3) is 0 Å². The van der Waals surface area contributed by atoms with E-state index in [4.69, 9.17) is 14.9 Å². The van der Waals surface area contributed by atoms with Gasteiger partial charge < -0.3 is 30.5 Å². The van der Waals surface area contributed by atoms with Crippen molar-refractivity contribution in [3.05, 3.63) is 12.3 Å². The molecule has 0 aliphatic carbocycles. The standard InChI is InChI=1S/C9H14N2O6/c12-3-4-6(14)7(15)8(17-4)11-2-1-5(13)10-9(11)16/h1-2,4-8,12-15H,3H2,(H,10,16)/t4?,5?,6-,7-,8?/m1/s1. The lowest BCUT2D eigenvalue weighted by Gasteiger charge is -2.31. The van der Waals surface area contributed by atoms with Gasteiger partial charge in [-0.1, -0.05) is 0 Å². The van der Waals surface area contributed by atoms with Crippen LogP contribution >= 0.6 is 0 Å². The van der Waals surface area contributed by atoms with E-state index in [1.807, 2.05) is 0 Å². The minimum absolute atomic E-state index is 0.462. The first-order chi connectivity index (χ1) is 8.04. The number of ether oxygens (including phenoxy) is 1. The summed E-state index contributed by atoms with van der Waals surface area (Å²) in [4.78, 5) is 12.5. The summed E-state index contributed by atoms with van der Waals surface area (Å²) in [5, 5.41) is 39.4. The highest BCUT2D eigenvalue weighted by Gasteiger charge is 2.46. The Balaban J connectivity index is 2.13. The van der Waals surface area contributed by atoms with Gasteiger partial charge in [0.15, 0.2) is 6.23 Å². The third-order valence-corrected chi connectivity index (χ3v) is 2.73. The van der Waals surface area contributed by atoms with Gasteiger partial charge in [0, 0.05) is 6.20 Å². The molecule has 2 heterocycles. The lowest BCUT2D eigenvalue weighted by Crippen LogP contribution is -2.53. The number of urea groups is 1. The molecule has 5 atom stereocenters. The van der Waals surface area contributed by atoms with E-state index in [1.165, 1.54) is 12.3 Å². The molecule has 2 amide bonds. The van der Waals surface area contributed by atoms with E-state index >= 15 is 0 Å². The first kappa shape index (κ1) is 12.3. The van der Waals surface area contributed by atoms with Crippen LogP contribution in [-0.2, 0) is 4.74 Å². The number of carbonyl (C=O) groups excluding carboxylic acids is 1. The highest BCUT2D eigenvalue weighted by atomic mass is 16.6. The van der Waals surface area contributed by atoms with Crippen molar-refractivity contribution in [2.24, 2.45) is 0 Å². The van der Waals surface area contributed by atoms with Gasteiger partial charge in [0.1, 0.15) is 24.5 Å². The van der Waals surface area contributed by atoms with Crippen molar-refractivity contribution in [2.75, 3.05) is 6.61 Å². The number of nitrogens with zero attached hydrogens (tertiary/aromatic N) is 1. The van der Waals surface area contributed by atoms with Crippen LogP contribution in [0, 0.1) is 0 Å². The molecule has 0 bridgehead atoms. The summed E-state index contributed by atoms with van der Waals surface area (Å²) in [5.74, 6) is 0. The summed E-state index contributed by atoms with van der Waals surface area (Å²) in [7, 11) is 0. The van der Waals surface area contributed by atoms with Crippen molar-refractivity contribution in [1.82, 2.24) is 10.2 Å². The third kappa shape index (κ3) is 2.13. The van der Waals surface area contributed by atoms with E-state index in [9.17, 15) is 15.0 Å².